The zero-order valence-electron chi connectivity index (χ0n) is 33.2. The smallest absolute Gasteiger partial charge is 0.326 e. The average molecular weight is 795 g/mol. The fourth-order valence-corrected chi connectivity index (χ4v) is 7.12. The van der Waals surface area contributed by atoms with Crippen molar-refractivity contribution in [1.29, 1.82) is 0 Å². The van der Waals surface area contributed by atoms with Gasteiger partial charge in [-0.15, -0.1) is 0 Å². The van der Waals surface area contributed by atoms with Gasteiger partial charge in [-0.25, -0.2) is 4.79 Å². The van der Waals surface area contributed by atoms with E-state index in [1.54, 1.807) is 50.2 Å². The summed E-state index contributed by atoms with van der Waals surface area (Å²) in [6.07, 6.45) is 3.48. The van der Waals surface area contributed by atoms with E-state index in [4.69, 9.17) is 0 Å². The molecular formula is C41H58N6O8S. The fourth-order valence-electron chi connectivity index (χ4n) is 6.64. The second-order valence-electron chi connectivity index (χ2n) is 15.0. The van der Waals surface area contributed by atoms with Crippen LogP contribution in [0.5, 0.6) is 0 Å². The van der Waals surface area contributed by atoms with Gasteiger partial charge in [0, 0.05) is 26.3 Å². The van der Waals surface area contributed by atoms with Crippen LogP contribution in [0, 0.1) is 11.8 Å². The Balaban J connectivity index is 1.87. The molecule has 15 heteroatoms. The fraction of sp³-hybridized carbons (Fsp3) is 0.537. The minimum Gasteiger partial charge on any atom is -0.480 e. The minimum absolute atomic E-state index is 0.0234. The van der Waals surface area contributed by atoms with Gasteiger partial charge in [0.05, 0.1) is 0 Å². The molecule has 3 rings (SSSR count). The van der Waals surface area contributed by atoms with Crippen LogP contribution < -0.4 is 26.6 Å². The third-order valence-corrected chi connectivity index (χ3v) is 10.2. The number of carbonyl (C=O) groups is 7. The molecule has 2 aromatic carbocycles. The molecule has 0 saturated carbocycles. The van der Waals surface area contributed by atoms with Crippen LogP contribution in [-0.4, -0.2) is 106 Å². The van der Waals surface area contributed by atoms with Crippen molar-refractivity contribution >= 4 is 53.2 Å². The Morgan fingerprint density at radius 1 is 0.714 bits per heavy atom. The normalized spacial score (nSPS) is 16.6. The quantitative estimate of drug-likeness (QED) is 0.110. The zero-order valence-corrected chi connectivity index (χ0v) is 34.0. The molecule has 0 bridgehead atoms. The van der Waals surface area contributed by atoms with E-state index >= 15 is 0 Å². The molecule has 14 nitrogen and oxygen atoms in total. The summed E-state index contributed by atoms with van der Waals surface area (Å²) in [5.41, 5.74) is 1.49. The van der Waals surface area contributed by atoms with Crippen molar-refractivity contribution in [1.82, 2.24) is 31.5 Å². The first kappa shape index (κ1) is 45.5. The van der Waals surface area contributed by atoms with Gasteiger partial charge in [-0.1, -0.05) is 88.4 Å². The number of hydrogen-bond donors (Lipinski definition) is 6. The molecular weight excluding hydrogens is 737 g/mol. The molecule has 1 fully saturated rings. The molecule has 1 heterocycles. The summed E-state index contributed by atoms with van der Waals surface area (Å²) in [5, 5.41) is 23.7. The number of nitrogens with one attached hydrogen (secondary N) is 5. The number of benzene rings is 2. The number of nitrogens with zero attached hydrogens (tertiary/aromatic N) is 1. The Kier molecular flexibility index (Phi) is 18.3. The lowest BCUT2D eigenvalue weighted by Gasteiger charge is -2.30. The Morgan fingerprint density at radius 3 is 1.75 bits per heavy atom. The number of carbonyl (C=O) groups excluding carboxylic acids is 6. The van der Waals surface area contributed by atoms with Crippen molar-refractivity contribution in [3.8, 4) is 0 Å². The number of thioether (sulfide) groups is 1. The van der Waals surface area contributed by atoms with Crippen molar-refractivity contribution in [3.63, 3.8) is 0 Å². The predicted molar refractivity (Wildman–Crippen MR) is 215 cm³/mol. The maximum Gasteiger partial charge on any atom is 0.326 e. The third-order valence-electron chi connectivity index (χ3n) is 9.53. The van der Waals surface area contributed by atoms with E-state index in [2.05, 4.69) is 26.6 Å². The first-order valence-corrected chi connectivity index (χ1v) is 20.6. The lowest BCUT2D eigenvalue weighted by atomic mass is 9.98. The molecule has 1 saturated heterocycles. The molecule has 0 aromatic heterocycles. The number of likely N-dealkylation sites (tertiary alicyclic amines) is 1. The van der Waals surface area contributed by atoms with Crippen molar-refractivity contribution in [2.75, 3.05) is 18.6 Å². The summed E-state index contributed by atoms with van der Waals surface area (Å²) in [6, 6.07) is 11.8. The molecule has 0 unspecified atom stereocenters. The first-order chi connectivity index (χ1) is 26.6. The number of amides is 6. The van der Waals surface area contributed by atoms with Crippen LogP contribution in [-0.2, 0) is 46.4 Å². The summed E-state index contributed by atoms with van der Waals surface area (Å²) in [5.74, 6) is -4.31. The Hall–Kier alpha value is -4.92. The van der Waals surface area contributed by atoms with E-state index in [0.29, 0.717) is 25.0 Å². The molecule has 6 atom stereocenters. The van der Waals surface area contributed by atoms with Gasteiger partial charge >= 0.3 is 5.97 Å². The SMILES string of the molecule is CSCC[C@@H](NC(C)=O)C(=O)N[C@H](CC(C)C)C(=O)N[C@H](Cc1ccccc1)C(=O)N[C@@H](C(=O)N[C@H](Cc1ccccc1)C(=O)N1CCC[C@@H]1C(=O)O)C(C)C. The van der Waals surface area contributed by atoms with Crippen LogP contribution >= 0.6 is 11.8 Å². The standard InChI is InChI=1S/C41H58N6O8S/c1-25(2)22-31(43-36(49)30(19-21-56-6)42-27(5)48)37(50)44-32(23-28-14-9-7-10-15-28)38(51)46-35(26(3)4)39(52)45-33(24-29-16-11-8-12-17-29)40(53)47-20-13-18-34(47)41(54)55/h7-12,14-17,25-26,30-35H,13,18-24H2,1-6H3,(H,42,48)(H,43,49)(H,44,50)(H,45,52)(H,46,51)(H,54,55)/t30-,31-,32-,33-,34-,35-/m1/s1. The number of carboxylic acid groups (broad SMARTS) is 1. The van der Waals surface area contributed by atoms with Gasteiger partial charge in [-0.3, -0.25) is 28.8 Å². The molecule has 1 aliphatic heterocycles. The zero-order chi connectivity index (χ0) is 41.4. The van der Waals surface area contributed by atoms with Gasteiger partial charge in [0.25, 0.3) is 0 Å². The Bertz CT molecular complexity index is 1640. The van der Waals surface area contributed by atoms with E-state index in [1.807, 2.05) is 44.4 Å². The van der Waals surface area contributed by atoms with Crippen molar-refractivity contribution in [2.45, 2.75) is 109 Å². The largest absolute Gasteiger partial charge is 0.480 e. The van der Waals surface area contributed by atoms with E-state index < -0.39 is 77.7 Å². The maximum absolute atomic E-state index is 14.2. The highest BCUT2D eigenvalue weighted by Crippen LogP contribution is 2.20. The highest BCUT2D eigenvalue weighted by atomic mass is 32.2. The summed E-state index contributed by atoms with van der Waals surface area (Å²) in [4.78, 5) is 94.6. The highest BCUT2D eigenvalue weighted by molar-refractivity contribution is 7.98. The molecule has 6 amide bonds. The monoisotopic (exact) mass is 794 g/mol. The van der Waals surface area contributed by atoms with Gasteiger partial charge < -0.3 is 36.6 Å². The van der Waals surface area contributed by atoms with Crippen molar-refractivity contribution in [2.24, 2.45) is 11.8 Å². The van der Waals surface area contributed by atoms with Crippen LogP contribution in [0.25, 0.3) is 0 Å². The molecule has 306 valence electrons. The molecule has 56 heavy (non-hydrogen) atoms. The predicted octanol–water partition coefficient (Wildman–Crippen LogP) is 2.45. The maximum atomic E-state index is 14.2. The first-order valence-electron chi connectivity index (χ1n) is 19.2. The van der Waals surface area contributed by atoms with Gasteiger partial charge in [-0.05, 0) is 60.7 Å². The molecule has 1 aliphatic rings. The minimum atomic E-state index is -1.17. The molecule has 2 aromatic rings. The van der Waals surface area contributed by atoms with Crippen LogP contribution in [0.1, 0.15) is 71.4 Å². The highest BCUT2D eigenvalue weighted by Gasteiger charge is 2.39. The Labute approximate surface area is 334 Å². The molecule has 0 radical (unpaired) electrons. The van der Waals surface area contributed by atoms with Gasteiger partial charge in [-0.2, -0.15) is 11.8 Å². The van der Waals surface area contributed by atoms with Crippen molar-refractivity contribution < 1.29 is 38.7 Å². The van der Waals surface area contributed by atoms with Crippen molar-refractivity contribution in [3.05, 3.63) is 71.8 Å². The summed E-state index contributed by atoms with van der Waals surface area (Å²) < 4.78 is 0. The lowest BCUT2D eigenvalue weighted by Crippen LogP contribution is -2.61. The van der Waals surface area contributed by atoms with E-state index in [0.717, 1.165) is 11.1 Å². The molecule has 0 spiro atoms. The summed E-state index contributed by atoms with van der Waals surface area (Å²) >= 11 is 1.52. The van der Waals surface area contributed by atoms with Gasteiger partial charge in [0.15, 0.2) is 0 Å². The number of carboxylic acids is 1. The topological polar surface area (TPSA) is 203 Å². The van der Waals surface area contributed by atoms with Crippen LogP contribution in [0.15, 0.2) is 60.7 Å². The number of hydrogen-bond acceptors (Lipinski definition) is 8. The van der Waals surface area contributed by atoms with Gasteiger partial charge in [0.1, 0.15) is 36.3 Å². The van der Waals surface area contributed by atoms with Crippen LogP contribution in [0.4, 0.5) is 0 Å². The average Bonchev–Trinajstić information content (AvgIpc) is 3.65. The summed E-state index contributed by atoms with van der Waals surface area (Å²) in [6.45, 7) is 8.83. The number of rotatable bonds is 21. The molecule has 0 aliphatic carbocycles. The Morgan fingerprint density at radius 2 is 1.23 bits per heavy atom. The van der Waals surface area contributed by atoms with Crippen LogP contribution in [0.3, 0.4) is 0 Å². The van der Waals surface area contributed by atoms with Gasteiger partial charge in [0.2, 0.25) is 35.4 Å². The second-order valence-corrected chi connectivity index (χ2v) is 16.0. The van der Waals surface area contributed by atoms with Crippen LogP contribution in [0.2, 0.25) is 0 Å². The third kappa shape index (κ3) is 14.3. The lowest BCUT2D eigenvalue weighted by molar-refractivity contribution is -0.149. The van der Waals surface area contributed by atoms with E-state index in [1.165, 1.54) is 23.6 Å². The van der Waals surface area contributed by atoms with E-state index in [-0.39, 0.29) is 37.6 Å². The van der Waals surface area contributed by atoms with E-state index in [9.17, 15) is 38.7 Å². The number of aliphatic carboxylic acids is 1. The summed E-state index contributed by atoms with van der Waals surface area (Å²) in [7, 11) is 0. The molecule has 6 N–H and O–H groups in total. The second kappa shape index (κ2) is 22.6.